The number of nitrogens with zero attached hydrogens (tertiary/aromatic N) is 3. The number of anilines is 1. The molecule has 1 saturated heterocycles. The second-order valence-corrected chi connectivity index (χ2v) is 8.24. The van der Waals surface area contributed by atoms with Gasteiger partial charge in [0.25, 0.3) is 0 Å². The van der Waals surface area contributed by atoms with Crippen LogP contribution >= 0.6 is 0 Å². The maximum atomic E-state index is 13.7. The predicted molar refractivity (Wildman–Crippen MR) is 117 cm³/mol. The van der Waals surface area contributed by atoms with Crippen molar-refractivity contribution in [3.05, 3.63) is 53.7 Å². The minimum absolute atomic E-state index is 0.296. The molecule has 1 aliphatic rings. The number of H-pyrrole nitrogens is 1. The third kappa shape index (κ3) is 3.43. The van der Waals surface area contributed by atoms with Gasteiger partial charge in [-0.05, 0) is 26.3 Å². The zero-order valence-corrected chi connectivity index (χ0v) is 17.7. The number of aromatic amines is 1. The molecule has 166 valence electrons. The molecule has 9 heteroatoms. The Morgan fingerprint density at radius 3 is 2.59 bits per heavy atom. The Kier molecular flexibility index (Phi) is 4.94. The number of fused-ring (bicyclic) bond motifs is 1. The number of hydrogen-bond acceptors (Lipinski definition) is 6. The van der Waals surface area contributed by atoms with Crippen LogP contribution in [-0.2, 0) is 0 Å². The van der Waals surface area contributed by atoms with E-state index < -0.39 is 17.7 Å². The Morgan fingerprint density at radius 1 is 1.12 bits per heavy atom. The summed E-state index contributed by atoms with van der Waals surface area (Å²) in [7, 11) is 0. The highest BCUT2D eigenvalue weighted by molar-refractivity contribution is 5.91. The number of nitrogens with two attached hydrogens (primary N) is 1. The second-order valence-electron chi connectivity index (χ2n) is 8.24. The molecular weight excluding hydrogens is 416 g/mol. The van der Waals surface area contributed by atoms with Crippen LogP contribution in [0.3, 0.4) is 0 Å². The van der Waals surface area contributed by atoms with E-state index in [1.54, 1.807) is 12.4 Å². The number of benzene rings is 1. The van der Waals surface area contributed by atoms with Crippen molar-refractivity contribution in [1.82, 2.24) is 15.0 Å². The van der Waals surface area contributed by atoms with Crippen LogP contribution in [0.2, 0.25) is 0 Å². The maximum Gasteiger partial charge on any atom is 0.161 e. The summed E-state index contributed by atoms with van der Waals surface area (Å²) in [5, 5.41) is 10.5. The van der Waals surface area contributed by atoms with Crippen LogP contribution in [0.1, 0.15) is 17.9 Å². The van der Waals surface area contributed by atoms with Crippen LogP contribution in [0, 0.1) is 25.5 Å². The van der Waals surface area contributed by atoms with Gasteiger partial charge in [-0.3, -0.25) is 4.98 Å². The summed E-state index contributed by atoms with van der Waals surface area (Å²) in [4.78, 5) is 14.1. The molecule has 5 rings (SSSR count). The molecule has 1 aliphatic heterocycles. The number of rotatable bonds is 3. The van der Waals surface area contributed by atoms with Crippen LogP contribution in [0.5, 0.6) is 0 Å². The zero-order valence-electron chi connectivity index (χ0n) is 17.7. The van der Waals surface area contributed by atoms with Gasteiger partial charge in [0.1, 0.15) is 17.3 Å². The third-order valence-corrected chi connectivity index (χ3v) is 5.98. The van der Waals surface area contributed by atoms with Crippen molar-refractivity contribution in [3.63, 3.8) is 0 Å². The predicted octanol–water partition coefficient (Wildman–Crippen LogP) is 3.68. The lowest BCUT2D eigenvalue weighted by atomic mass is 9.97. The van der Waals surface area contributed by atoms with Gasteiger partial charge in [0.2, 0.25) is 0 Å². The van der Waals surface area contributed by atoms with E-state index in [-0.39, 0.29) is 6.04 Å². The molecule has 0 spiro atoms. The van der Waals surface area contributed by atoms with Crippen molar-refractivity contribution in [2.75, 3.05) is 18.0 Å². The van der Waals surface area contributed by atoms with Crippen LogP contribution < -0.4 is 10.6 Å². The molecule has 0 unspecified atom stereocenters. The Hall–Kier alpha value is -3.30. The van der Waals surface area contributed by atoms with E-state index in [2.05, 4.69) is 19.9 Å². The van der Waals surface area contributed by atoms with Gasteiger partial charge in [-0.15, -0.1) is 0 Å². The molecule has 3 aromatic heterocycles. The maximum absolute atomic E-state index is 13.7. The van der Waals surface area contributed by atoms with E-state index in [9.17, 15) is 13.9 Å². The number of aromatic nitrogens is 3. The van der Waals surface area contributed by atoms with Crippen molar-refractivity contribution in [2.24, 2.45) is 5.73 Å². The summed E-state index contributed by atoms with van der Waals surface area (Å²) in [6.07, 6.45) is 3.33. The molecule has 1 aromatic carbocycles. The summed E-state index contributed by atoms with van der Waals surface area (Å²) in [5.41, 5.74) is 9.87. The Morgan fingerprint density at radius 2 is 1.88 bits per heavy atom. The molecule has 0 aliphatic carbocycles. The minimum Gasteiger partial charge on any atom is -0.466 e. The fourth-order valence-corrected chi connectivity index (χ4v) is 4.35. The van der Waals surface area contributed by atoms with Crippen LogP contribution in [0.25, 0.3) is 33.5 Å². The highest BCUT2D eigenvalue weighted by Gasteiger charge is 2.30. The van der Waals surface area contributed by atoms with E-state index in [1.807, 2.05) is 19.9 Å². The summed E-state index contributed by atoms with van der Waals surface area (Å²) in [6, 6.07) is 3.80. The Balaban J connectivity index is 1.72. The average molecular weight is 439 g/mol. The molecular formula is C23H23F2N5O2. The van der Waals surface area contributed by atoms with Gasteiger partial charge in [-0.25, -0.2) is 13.8 Å². The fraction of sp³-hybridized carbons (Fsp3) is 0.304. The van der Waals surface area contributed by atoms with Crippen molar-refractivity contribution in [2.45, 2.75) is 32.4 Å². The minimum atomic E-state index is -0.958. The standard InChI is InChI=1S/C23H23F2N5O2/c1-11-5-13(12(2)32-11)14-8-27-9-15(22(14)30-4-3-18(26)21(31)10-30)23-28-19-6-16(24)17(25)7-20(19)29-23/h5-9,18,21,31H,3-4,10,26H2,1-2H3,(H,28,29)/t18-,21+/m1/s1. The first-order valence-corrected chi connectivity index (χ1v) is 10.4. The van der Waals surface area contributed by atoms with Gasteiger partial charge in [0.05, 0.1) is 28.4 Å². The van der Waals surface area contributed by atoms with Crippen molar-refractivity contribution in [1.29, 1.82) is 0 Å². The van der Waals surface area contributed by atoms with Crippen molar-refractivity contribution in [3.8, 4) is 22.5 Å². The molecule has 2 atom stereocenters. The summed E-state index contributed by atoms with van der Waals surface area (Å²) in [6.45, 7) is 4.72. The monoisotopic (exact) mass is 439 g/mol. The lowest BCUT2D eigenvalue weighted by molar-refractivity contribution is 0.132. The SMILES string of the molecule is Cc1cc(-c2cncc(-c3nc4cc(F)c(F)cc4[nH]3)c2N2CC[C@@H](N)[C@@H](O)C2)c(C)o1. The van der Waals surface area contributed by atoms with E-state index >= 15 is 0 Å². The molecule has 4 aromatic rings. The van der Waals surface area contributed by atoms with Crippen molar-refractivity contribution >= 4 is 16.7 Å². The topological polar surface area (TPSA) is 104 Å². The normalized spacial score (nSPS) is 19.1. The number of halogens is 2. The quantitative estimate of drug-likeness (QED) is 0.450. The molecule has 0 saturated carbocycles. The average Bonchev–Trinajstić information content (AvgIpc) is 3.31. The van der Waals surface area contributed by atoms with E-state index in [1.165, 1.54) is 0 Å². The third-order valence-electron chi connectivity index (χ3n) is 5.98. The van der Waals surface area contributed by atoms with Gasteiger partial charge >= 0.3 is 0 Å². The van der Waals surface area contributed by atoms with E-state index in [0.717, 1.165) is 40.5 Å². The zero-order chi connectivity index (χ0) is 22.6. The Bertz CT molecular complexity index is 1280. The summed E-state index contributed by atoms with van der Waals surface area (Å²) < 4.78 is 33.2. The number of aliphatic hydroxyl groups is 1. The molecule has 0 amide bonds. The molecule has 4 heterocycles. The van der Waals surface area contributed by atoms with Crippen LogP contribution in [0.15, 0.2) is 35.0 Å². The van der Waals surface area contributed by atoms with Gasteiger partial charge in [0, 0.05) is 54.8 Å². The van der Waals surface area contributed by atoms with Gasteiger partial charge in [0.15, 0.2) is 11.6 Å². The molecule has 0 radical (unpaired) electrons. The summed E-state index contributed by atoms with van der Waals surface area (Å²) >= 11 is 0. The summed E-state index contributed by atoms with van der Waals surface area (Å²) in [5.74, 6) is 0.0317. The first-order chi connectivity index (χ1) is 15.3. The number of aryl methyl sites for hydroxylation is 2. The lowest BCUT2D eigenvalue weighted by Crippen LogP contribution is -2.50. The van der Waals surface area contributed by atoms with Gasteiger partial charge in [-0.1, -0.05) is 0 Å². The second kappa shape index (κ2) is 7.68. The smallest absolute Gasteiger partial charge is 0.161 e. The van der Waals surface area contributed by atoms with Gasteiger partial charge in [-0.2, -0.15) is 0 Å². The number of nitrogens with one attached hydrogen (secondary N) is 1. The largest absolute Gasteiger partial charge is 0.466 e. The number of piperidine rings is 1. The van der Waals surface area contributed by atoms with Gasteiger partial charge < -0.3 is 25.1 Å². The molecule has 7 nitrogen and oxygen atoms in total. The molecule has 1 fully saturated rings. The number of hydrogen-bond donors (Lipinski definition) is 3. The van der Waals surface area contributed by atoms with Crippen molar-refractivity contribution < 1.29 is 18.3 Å². The lowest BCUT2D eigenvalue weighted by Gasteiger charge is -2.37. The number of imidazole rings is 1. The highest BCUT2D eigenvalue weighted by atomic mass is 19.2. The molecule has 0 bridgehead atoms. The van der Waals surface area contributed by atoms with Crippen LogP contribution in [-0.4, -0.2) is 45.3 Å². The van der Waals surface area contributed by atoms with Crippen LogP contribution in [0.4, 0.5) is 14.5 Å². The Labute approximate surface area is 182 Å². The molecule has 4 N–H and O–H groups in total. The number of furan rings is 1. The fourth-order valence-electron chi connectivity index (χ4n) is 4.35. The molecule has 32 heavy (non-hydrogen) atoms. The number of pyridine rings is 1. The first-order valence-electron chi connectivity index (χ1n) is 10.4. The van der Waals surface area contributed by atoms with E-state index in [0.29, 0.717) is 41.9 Å². The number of β-amino-alcohol motifs (C(OH)–C–C–N with tert-alkyl or cyclic N) is 1. The van der Waals surface area contributed by atoms with E-state index in [4.69, 9.17) is 10.2 Å². The highest BCUT2D eigenvalue weighted by Crippen LogP contribution is 2.41. The number of aliphatic hydroxyl groups excluding tert-OH is 1. The first kappa shape index (κ1) is 20.6.